The van der Waals surface area contributed by atoms with Crippen LogP contribution in [0.25, 0.3) is 0 Å². The van der Waals surface area contributed by atoms with Crippen molar-refractivity contribution in [1.82, 2.24) is 10.2 Å². The van der Waals surface area contributed by atoms with E-state index in [1.807, 2.05) is 6.92 Å². The summed E-state index contributed by atoms with van der Waals surface area (Å²) in [6, 6.07) is 0. The van der Waals surface area contributed by atoms with Crippen LogP contribution in [0.4, 0.5) is 0 Å². The van der Waals surface area contributed by atoms with Gasteiger partial charge in [0.15, 0.2) is 0 Å². The fraction of sp³-hybridized carbons (Fsp3) is 0.929. The molecule has 0 radical (unpaired) electrons. The standard InChI is InChI=1S/C14H26N2O2/c1-3-14(12-6-7-12,13(17)18-4-2)16-10-5-8-15-9-11-16/h12,15H,3-11H2,1-2H3. The Bertz CT molecular complexity index is 284. The van der Waals surface area contributed by atoms with Gasteiger partial charge in [-0.3, -0.25) is 9.69 Å². The minimum atomic E-state index is -0.345. The van der Waals surface area contributed by atoms with Gasteiger partial charge >= 0.3 is 5.97 Å². The summed E-state index contributed by atoms with van der Waals surface area (Å²) in [7, 11) is 0. The van der Waals surface area contributed by atoms with Gasteiger partial charge in [-0.2, -0.15) is 0 Å². The Balaban J connectivity index is 2.18. The van der Waals surface area contributed by atoms with Crippen LogP contribution in [-0.4, -0.2) is 49.2 Å². The molecule has 1 N–H and O–H groups in total. The number of esters is 1. The zero-order valence-electron chi connectivity index (χ0n) is 11.7. The highest BCUT2D eigenvalue weighted by Crippen LogP contribution is 2.46. The number of hydrogen-bond donors (Lipinski definition) is 1. The van der Waals surface area contributed by atoms with Crippen LogP contribution in [0.15, 0.2) is 0 Å². The van der Waals surface area contributed by atoms with Crippen LogP contribution < -0.4 is 5.32 Å². The fourth-order valence-corrected chi connectivity index (χ4v) is 3.27. The normalized spacial score (nSPS) is 25.2. The van der Waals surface area contributed by atoms with Gasteiger partial charge in [-0.25, -0.2) is 0 Å². The maximum absolute atomic E-state index is 12.5. The molecule has 1 aliphatic carbocycles. The molecule has 0 spiro atoms. The molecule has 4 heteroatoms. The Morgan fingerprint density at radius 3 is 2.72 bits per heavy atom. The zero-order valence-corrected chi connectivity index (χ0v) is 11.7. The largest absolute Gasteiger partial charge is 0.465 e. The molecule has 1 atom stereocenters. The molecule has 0 aromatic rings. The number of nitrogens with one attached hydrogen (secondary N) is 1. The SMILES string of the molecule is CCOC(=O)C(CC)(C1CC1)N1CCCNCC1. The minimum Gasteiger partial charge on any atom is -0.465 e. The first-order valence-corrected chi connectivity index (χ1v) is 7.38. The van der Waals surface area contributed by atoms with Crippen molar-refractivity contribution in [3.05, 3.63) is 0 Å². The van der Waals surface area contributed by atoms with Crippen molar-refractivity contribution in [1.29, 1.82) is 0 Å². The van der Waals surface area contributed by atoms with E-state index in [1.165, 1.54) is 12.8 Å². The predicted molar refractivity (Wildman–Crippen MR) is 71.4 cm³/mol. The first kappa shape index (κ1) is 13.8. The molecule has 4 nitrogen and oxygen atoms in total. The average Bonchev–Trinajstić information content (AvgIpc) is 3.18. The summed E-state index contributed by atoms with van der Waals surface area (Å²) in [5.74, 6) is 0.525. The van der Waals surface area contributed by atoms with E-state index in [2.05, 4.69) is 17.1 Å². The molecule has 1 saturated carbocycles. The lowest BCUT2D eigenvalue weighted by Gasteiger charge is -2.41. The van der Waals surface area contributed by atoms with Crippen LogP contribution in [0, 0.1) is 5.92 Å². The van der Waals surface area contributed by atoms with Gasteiger partial charge in [0, 0.05) is 19.6 Å². The second-order valence-corrected chi connectivity index (χ2v) is 5.36. The van der Waals surface area contributed by atoms with Gasteiger partial charge in [-0.15, -0.1) is 0 Å². The van der Waals surface area contributed by atoms with E-state index in [-0.39, 0.29) is 11.5 Å². The van der Waals surface area contributed by atoms with Crippen molar-refractivity contribution in [2.24, 2.45) is 5.92 Å². The van der Waals surface area contributed by atoms with Crippen LogP contribution >= 0.6 is 0 Å². The van der Waals surface area contributed by atoms with Crippen molar-refractivity contribution >= 4 is 5.97 Å². The monoisotopic (exact) mass is 254 g/mol. The molecule has 2 rings (SSSR count). The zero-order chi connectivity index (χ0) is 13.0. The molecule has 2 fully saturated rings. The third-order valence-corrected chi connectivity index (χ3v) is 4.33. The van der Waals surface area contributed by atoms with Crippen molar-refractivity contribution in [3.8, 4) is 0 Å². The average molecular weight is 254 g/mol. The molecule has 1 aliphatic heterocycles. The molecule has 1 heterocycles. The molecule has 104 valence electrons. The molecule has 1 unspecified atom stereocenters. The smallest absolute Gasteiger partial charge is 0.326 e. The van der Waals surface area contributed by atoms with Crippen LogP contribution in [0.5, 0.6) is 0 Å². The summed E-state index contributed by atoms with van der Waals surface area (Å²) in [4.78, 5) is 14.9. The second kappa shape index (κ2) is 6.02. The molecule has 0 aromatic carbocycles. The molecule has 0 amide bonds. The summed E-state index contributed by atoms with van der Waals surface area (Å²) >= 11 is 0. The van der Waals surface area contributed by atoms with E-state index in [0.29, 0.717) is 12.5 Å². The number of carbonyl (C=O) groups excluding carboxylic acids is 1. The Kier molecular flexibility index (Phi) is 4.62. The van der Waals surface area contributed by atoms with Gasteiger partial charge in [-0.05, 0) is 45.1 Å². The highest BCUT2D eigenvalue weighted by atomic mass is 16.5. The van der Waals surface area contributed by atoms with Crippen molar-refractivity contribution in [2.75, 3.05) is 32.8 Å². The fourth-order valence-electron chi connectivity index (χ4n) is 3.27. The maximum Gasteiger partial charge on any atom is 0.326 e. The summed E-state index contributed by atoms with van der Waals surface area (Å²) < 4.78 is 5.39. The van der Waals surface area contributed by atoms with E-state index in [0.717, 1.165) is 39.0 Å². The molecule has 0 aromatic heterocycles. The third kappa shape index (κ3) is 2.54. The third-order valence-electron chi connectivity index (χ3n) is 4.33. The van der Waals surface area contributed by atoms with E-state index < -0.39 is 0 Å². The second-order valence-electron chi connectivity index (χ2n) is 5.36. The Morgan fingerprint density at radius 1 is 1.33 bits per heavy atom. The minimum absolute atomic E-state index is 0.0110. The lowest BCUT2D eigenvalue weighted by atomic mass is 9.87. The number of rotatable bonds is 5. The topological polar surface area (TPSA) is 41.6 Å². The molecular formula is C14H26N2O2. The predicted octanol–water partition coefficient (Wildman–Crippen LogP) is 1.40. The summed E-state index contributed by atoms with van der Waals surface area (Å²) in [6.45, 7) is 8.53. The van der Waals surface area contributed by atoms with Crippen molar-refractivity contribution < 1.29 is 9.53 Å². The van der Waals surface area contributed by atoms with Gasteiger partial charge in [0.05, 0.1) is 6.61 Å². The van der Waals surface area contributed by atoms with Crippen LogP contribution in [-0.2, 0) is 9.53 Å². The van der Waals surface area contributed by atoms with Crippen LogP contribution in [0.2, 0.25) is 0 Å². The van der Waals surface area contributed by atoms with Gasteiger partial charge in [-0.1, -0.05) is 6.92 Å². The van der Waals surface area contributed by atoms with E-state index in [4.69, 9.17) is 4.74 Å². The summed E-state index contributed by atoms with van der Waals surface area (Å²) in [5.41, 5.74) is -0.345. The first-order valence-electron chi connectivity index (χ1n) is 7.38. The summed E-state index contributed by atoms with van der Waals surface area (Å²) in [5, 5.41) is 3.41. The highest BCUT2D eigenvalue weighted by Gasteiger charge is 2.54. The molecular weight excluding hydrogens is 228 g/mol. The number of nitrogens with zero attached hydrogens (tertiary/aromatic N) is 1. The van der Waals surface area contributed by atoms with Crippen LogP contribution in [0.3, 0.4) is 0 Å². The molecule has 0 bridgehead atoms. The molecule has 2 aliphatic rings. The molecule has 1 saturated heterocycles. The maximum atomic E-state index is 12.5. The quantitative estimate of drug-likeness (QED) is 0.753. The number of ether oxygens (including phenoxy) is 1. The van der Waals surface area contributed by atoms with E-state index in [9.17, 15) is 4.79 Å². The lowest BCUT2D eigenvalue weighted by Crippen LogP contribution is -2.57. The summed E-state index contributed by atoms with van der Waals surface area (Å²) in [6.07, 6.45) is 4.34. The van der Waals surface area contributed by atoms with E-state index >= 15 is 0 Å². The van der Waals surface area contributed by atoms with Gasteiger partial charge in [0.25, 0.3) is 0 Å². The molecule has 18 heavy (non-hydrogen) atoms. The van der Waals surface area contributed by atoms with Crippen LogP contribution in [0.1, 0.15) is 39.5 Å². The Hall–Kier alpha value is -0.610. The van der Waals surface area contributed by atoms with Gasteiger partial charge in [0.1, 0.15) is 5.54 Å². The Morgan fingerprint density at radius 2 is 2.11 bits per heavy atom. The number of hydrogen-bond acceptors (Lipinski definition) is 4. The van der Waals surface area contributed by atoms with Crippen molar-refractivity contribution in [3.63, 3.8) is 0 Å². The lowest BCUT2D eigenvalue weighted by molar-refractivity contribution is -0.160. The van der Waals surface area contributed by atoms with Crippen molar-refractivity contribution in [2.45, 2.75) is 45.1 Å². The number of carbonyl (C=O) groups is 1. The van der Waals surface area contributed by atoms with E-state index in [1.54, 1.807) is 0 Å². The first-order chi connectivity index (χ1) is 8.75. The van der Waals surface area contributed by atoms with Gasteiger partial charge in [0.2, 0.25) is 0 Å². The highest BCUT2D eigenvalue weighted by molar-refractivity contribution is 5.82. The van der Waals surface area contributed by atoms with Gasteiger partial charge < -0.3 is 10.1 Å². The Labute approximate surface area is 110 Å².